The number of nitrogens with two attached hydrogens (primary N) is 1. The first-order valence-electron chi connectivity index (χ1n) is 5.97. The lowest BCUT2D eigenvalue weighted by Crippen LogP contribution is -2.30. The van der Waals surface area contributed by atoms with Crippen LogP contribution in [0.3, 0.4) is 0 Å². The van der Waals surface area contributed by atoms with E-state index < -0.39 is 5.91 Å². The van der Waals surface area contributed by atoms with Crippen LogP contribution in [0, 0.1) is 6.42 Å². The summed E-state index contributed by atoms with van der Waals surface area (Å²) < 4.78 is 10.1. The van der Waals surface area contributed by atoms with Gasteiger partial charge in [0.25, 0.3) is 11.8 Å². The summed E-state index contributed by atoms with van der Waals surface area (Å²) in [7, 11) is 1.50. The Hall–Kier alpha value is -1.89. The van der Waals surface area contributed by atoms with E-state index >= 15 is 0 Å². The van der Waals surface area contributed by atoms with Crippen molar-refractivity contribution in [2.75, 3.05) is 26.8 Å². The van der Waals surface area contributed by atoms with E-state index in [2.05, 4.69) is 4.98 Å². The second-order valence-corrected chi connectivity index (χ2v) is 3.73. The van der Waals surface area contributed by atoms with Gasteiger partial charge in [0.15, 0.2) is 5.69 Å². The van der Waals surface area contributed by atoms with E-state index in [1.165, 1.54) is 18.4 Å². The number of amides is 2. The highest BCUT2D eigenvalue weighted by molar-refractivity contribution is 5.95. The Morgan fingerprint density at radius 2 is 2.05 bits per heavy atom. The maximum Gasteiger partial charge on any atom is 0.309 e. The van der Waals surface area contributed by atoms with Crippen molar-refractivity contribution in [2.45, 2.75) is 13.8 Å². The lowest BCUT2D eigenvalue weighted by molar-refractivity contribution is 0.0731. The minimum Gasteiger partial charge on any atom is -0.436 e. The number of primary amides is 1. The van der Waals surface area contributed by atoms with Crippen molar-refractivity contribution in [1.82, 2.24) is 9.88 Å². The van der Waals surface area contributed by atoms with Gasteiger partial charge in [-0.05, 0) is 13.8 Å². The van der Waals surface area contributed by atoms with Gasteiger partial charge in [-0.25, -0.2) is 0 Å². The molecule has 0 bridgehead atoms. The number of nitrogens with zero attached hydrogens (tertiary/aromatic N) is 2. The van der Waals surface area contributed by atoms with E-state index in [4.69, 9.17) is 14.9 Å². The minimum absolute atomic E-state index is 0.0624. The summed E-state index contributed by atoms with van der Waals surface area (Å²) in [5.41, 5.74) is 5.13. The Kier molecular flexibility index (Phi) is 5.50. The predicted octanol–water partition coefficient (Wildman–Crippen LogP) is 0.454. The molecule has 1 heterocycles. The quantitative estimate of drug-likeness (QED) is 0.774. The Balaban J connectivity index is 3.03. The third-order valence-corrected chi connectivity index (χ3v) is 2.56. The van der Waals surface area contributed by atoms with Crippen LogP contribution in [0.1, 0.15) is 40.8 Å². The zero-order valence-corrected chi connectivity index (χ0v) is 11.3. The summed E-state index contributed by atoms with van der Waals surface area (Å²) in [6, 6.07) is 0. The van der Waals surface area contributed by atoms with Crippen molar-refractivity contribution in [3.05, 3.63) is 23.8 Å². The molecule has 0 aliphatic rings. The van der Waals surface area contributed by atoms with Gasteiger partial charge in [-0.3, -0.25) is 9.59 Å². The van der Waals surface area contributed by atoms with Gasteiger partial charge in [0.05, 0.1) is 13.0 Å². The van der Waals surface area contributed by atoms with Crippen LogP contribution < -0.4 is 5.73 Å². The van der Waals surface area contributed by atoms with Gasteiger partial charge in [0.2, 0.25) is 0 Å². The number of rotatable bonds is 7. The molecule has 0 aromatic carbocycles. The van der Waals surface area contributed by atoms with E-state index in [9.17, 15) is 9.59 Å². The fourth-order valence-electron chi connectivity index (χ4n) is 1.54. The molecule has 1 radical (unpaired) electrons. The molecule has 7 heteroatoms. The van der Waals surface area contributed by atoms with E-state index in [0.29, 0.717) is 13.1 Å². The first-order chi connectivity index (χ1) is 9.04. The van der Waals surface area contributed by atoms with Crippen molar-refractivity contribution in [2.24, 2.45) is 5.73 Å². The summed E-state index contributed by atoms with van der Waals surface area (Å²) in [6.07, 6.45) is 1.51. The Morgan fingerprint density at radius 1 is 1.42 bits per heavy atom. The molecule has 0 saturated heterocycles. The SMILES string of the molecule is CCN(CC)C(=O)c1nc(C(N)=O)c([CH]COC)o1. The number of hydrogen-bond acceptors (Lipinski definition) is 5. The van der Waals surface area contributed by atoms with Gasteiger partial charge in [0, 0.05) is 20.2 Å². The molecule has 0 aliphatic heterocycles. The lowest BCUT2D eigenvalue weighted by atomic mass is 10.2. The van der Waals surface area contributed by atoms with Gasteiger partial charge in [-0.1, -0.05) is 0 Å². The van der Waals surface area contributed by atoms with Crippen LogP contribution in [0.15, 0.2) is 4.42 Å². The highest BCUT2D eigenvalue weighted by Crippen LogP contribution is 2.15. The molecule has 105 valence electrons. The summed E-state index contributed by atoms with van der Waals surface area (Å²) >= 11 is 0. The largest absolute Gasteiger partial charge is 0.436 e. The van der Waals surface area contributed by atoms with Crippen LogP contribution in [-0.4, -0.2) is 48.5 Å². The molecule has 0 fully saturated rings. The molecular weight excluding hydrogens is 250 g/mol. The van der Waals surface area contributed by atoms with Crippen molar-refractivity contribution in [1.29, 1.82) is 0 Å². The smallest absolute Gasteiger partial charge is 0.309 e. The van der Waals surface area contributed by atoms with E-state index in [0.717, 1.165) is 0 Å². The second kappa shape index (κ2) is 6.89. The highest BCUT2D eigenvalue weighted by atomic mass is 16.5. The van der Waals surface area contributed by atoms with Gasteiger partial charge < -0.3 is 19.8 Å². The zero-order valence-electron chi connectivity index (χ0n) is 11.3. The van der Waals surface area contributed by atoms with Crippen molar-refractivity contribution < 1.29 is 18.7 Å². The maximum atomic E-state index is 12.0. The third-order valence-electron chi connectivity index (χ3n) is 2.56. The second-order valence-electron chi connectivity index (χ2n) is 3.73. The molecular formula is C12H18N3O4. The molecule has 0 saturated carbocycles. The molecule has 2 N–H and O–H groups in total. The Morgan fingerprint density at radius 3 is 2.53 bits per heavy atom. The van der Waals surface area contributed by atoms with E-state index in [1.54, 1.807) is 0 Å². The summed E-state index contributed by atoms with van der Waals surface area (Å²) in [6.45, 7) is 4.98. The highest BCUT2D eigenvalue weighted by Gasteiger charge is 2.24. The molecule has 1 rings (SSSR count). The molecule has 19 heavy (non-hydrogen) atoms. The van der Waals surface area contributed by atoms with Gasteiger partial charge >= 0.3 is 5.91 Å². The number of carbonyl (C=O) groups is 2. The van der Waals surface area contributed by atoms with Crippen LogP contribution in [0.5, 0.6) is 0 Å². The van der Waals surface area contributed by atoms with Crippen LogP contribution >= 0.6 is 0 Å². The van der Waals surface area contributed by atoms with Crippen LogP contribution in [0.2, 0.25) is 0 Å². The topological polar surface area (TPSA) is 98.7 Å². The first kappa shape index (κ1) is 15.2. The van der Waals surface area contributed by atoms with Gasteiger partial charge in [-0.15, -0.1) is 0 Å². The molecule has 0 unspecified atom stereocenters. The van der Waals surface area contributed by atoms with Gasteiger partial charge in [-0.2, -0.15) is 4.98 Å². The number of oxazole rings is 1. The summed E-state index contributed by atoms with van der Waals surface area (Å²) in [5.74, 6) is -1.10. The normalized spacial score (nSPS) is 10.5. The summed E-state index contributed by atoms with van der Waals surface area (Å²) in [5, 5.41) is 0. The first-order valence-corrected chi connectivity index (χ1v) is 5.97. The zero-order chi connectivity index (χ0) is 14.4. The Bertz CT molecular complexity index is 452. The fourth-order valence-corrected chi connectivity index (χ4v) is 1.54. The number of carbonyl (C=O) groups excluding carboxylic acids is 2. The average molecular weight is 268 g/mol. The lowest BCUT2D eigenvalue weighted by Gasteiger charge is -2.15. The van der Waals surface area contributed by atoms with Crippen LogP contribution in [-0.2, 0) is 4.74 Å². The van der Waals surface area contributed by atoms with Gasteiger partial charge in [0.1, 0.15) is 5.76 Å². The predicted molar refractivity (Wildman–Crippen MR) is 67.6 cm³/mol. The van der Waals surface area contributed by atoms with E-state index in [-0.39, 0.29) is 29.9 Å². The van der Waals surface area contributed by atoms with Crippen LogP contribution in [0.25, 0.3) is 0 Å². The average Bonchev–Trinajstić information content (AvgIpc) is 2.81. The van der Waals surface area contributed by atoms with Crippen molar-refractivity contribution >= 4 is 11.8 Å². The monoisotopic (exact) mass is 268 g/mol. The Labute approximate surface area is 111 Å². The number of methoxy groups -OCH3 is 1. The standard InChI is InChI=1S/C12H18N3O4/c1-4-15(5-2)12(17)11-14-9(10(13)16)8(19-11)6-7-18-3/h6H,4-5,7H2,1-3H3,(H2,13,16). The van der Waals surface area contributed by atoms with Crippen molar-refractivity contribution in [3.63, 3.8) is 0 Å². The molecule has 0 spiro atoms. The van der Waals surface area contributed by atoms with Crippen molar-refractivity contribution in [3.8, 4) is 0 Å². The number of ether oxygens (including phenoxy) is 1. The molecule has 1 aromatic heterocycles. The number of aromatic nitrogens is 1. The maximum absolute atomic E-state index is 12.0. The van der Waals surface area contributed by atoms with Crippen LogP contribution in [0.4, 0.5) is 0 Å². The minimum atomic E-state index is -0.746. The molecule has 7 nitrogen and oxygen atoms in total. The summed E-state index contributed by atoms with van der Waals surface area (Å²) in [4.78, 5) is 28.7. The fraction of sp³-hybridized carbons (Fsp3) is 0.500. The van der Waals surface area contributed by atoms with E-state index in [1.807, 2.05) is 13.8 Å². The number of hydrogen-bond donors (Lipinski definition) is 1. The molecule has 0 atom stereocenters. The molecule has 2 amide bonds. The molecule has 0 aliphatic carbocycles. The third kappa shape index (κ3) is 3.54. The molecule has 1 aromatic rings.